The van der Waals surface area contributed by atoms with Gasteiger partial charge in [-0.2, -0.15) is 0 Å². The minimum atomic E-state index is -3.80. The molecule has 0 saturated heterocycles. The minimum absolute atomic E-state index is 0. The third kappa shape index (κ3) is 7.43. The van der Waals surface area contributed by atoms with E-state index < -0.39 is 10.0 Å². The molecule has 0 aromatic heterocycles. The molecule has 0 amide bonds. The van der Waals surface area contributed by atoms with Crippen molar-refractivity contribution in [1.29, 1.82) is 5.41 Å². The number of nitrogens with zero attached hydrogens (tertiary/aromatic N) is 1. The molecule has 0 saturated carbocycles. The molecule has 192 valence electrons. The summed E-state index contributed by atoms with van der Waals surface area (Å²) in [5.74, 6) is 0.0561. The first kappa shape index (κ1) is 27.9. The summed E-state index contributed by atoms with van der Waals surface area (Å²) < 4.78 is 23.9. The Morgan fingerprint density at radius 3 is 2.16 bits per heavy atom. The van der Waals surface area contributed by atoms with E-state index in [4.69, 9.17) is 16.3 Å². The van der Waals surface area contributed by atoms with Crippen LogP contribution in [0.5, 0.6) is 0 Å². The van der Waals surface area contributed by atoms with Crippen LogP contribution in [0.25, 0.3) is 11.1 Å². The predicted octanol–water partition coefficient (Wildman–Crippen LogP) is 5.35. The third-order valence-corrected chi connectivity index (χ3v) is 7.06. The molecule has 8 heteroatoms. The lowest BCUT2D eigenvalue weighted by Gasteiger charge is -2.26. The zero-order chi connectivity index (χ0) is 25.5. The van der Waals surface area contributed by atoms with Gasteiger partial charge in [0.15, 0.2) is 0 Å². The van der Waals surface area contributed by atoms with Crippen molar-refractivity contribution < 1.29 is 8.42 Å². The van der Waals surface area contributed by atoms with E-state index in [0.717, 1.165) is 37.2 Å². The highest BCUT2D eigenvalue weighted by atomic mass is 35.5. The summed E-state index contributed by atoms with van der Waals surface area (Å²) in [5, 5.41) is 13.2. The molecule has 0 bridgehead atoms. The van der Waals surface area contributed by atoms with Crippen molar-refractivity contribution in [1.82, 2.24) is 0 Å². The second-order valence-corrected chi connectivity index (χ2v) is 10.2. The summed E-state index contributed by atoms with van der Waals surface area (Å²) in [5.41, 5.74) is 11.3. The summed E-state index contributed by atoms with van der Waals surface area (Å²) >= 11 is 0. The first-order valence-corrected chi connectivity index (χ1v) is 13.3. The Bertz CT molecular complexity index is 1440. The first-order valence-electron chi connectivity index (χ1n) is 11.8. The Labute approximate surface area is 224 Å². The number of nitrogens with one attached hydrogen (secondary N) is 1. The Morgan fingerprint density at radius 1 is 0.811 bits per heavy atom. The molecule has 4 rings (SSSR count). The van der Waals surface area contributed by atoms with Gasteiger partial charge in [0.05, 0.1) is 4.90 Å². The van der Waals surface area contributed by atoms with Gasteiger partial charge in [-0.05, 0) is 47.7 Å². The molecule has 0 fully saturated rings. The van der Waals surface area contributed by atoms with Gasteiger partial charge in [0.1, 0.15) is 5.84 Å². The van der Waals surface area contributed by atoms with Crippen molar-refractivity contribution in [3.05, 3.63) is 120 Å². The lowest BCUT2D eigenvalue weighted by atomic mass is 10.0. The van der Waals surface area contributed by atoms with Gasteiger partial charge < -0.3 is 10.6 Å². The van der Waals surface area contributed by atoms with Crippen LogP contribution in [-0.2, 0) is 23.0 Å². The topological polar surface area (TPSA) is 113 Å². The Morgan fingerprint density at radius 2 is 1.49 bits per heavy atom. The second-order valence-electron chi connectivity index (χ2n) is 8.71. The van der Waals surface area contributed by atoms with Crippen LogP contribution < -0.4 is 15.8 Å². The second kappa shape index (κ2) is 12.5. The van der Waals surface area contributed by atoms with E-state index >= 15 is 0 Å². The summed E-state index contributed by atoms with van der Waals surface area (Å²) in [6, 6.07) is 32.8. The zero-order valence-electron chi connectivity index (χ0n) is 20.4. The molecule has 4 aromatic carbocycles. The Balaban J connectivity index is 0.00000380. The van der Waals surface area contributed by atoms with Crippen LogP contribution in [-0.4, -0.2) is 20.8 Å². The van der Waals surface area contributed by atoms with E-state index in [9.17, 15) is 8.42 Å². The average molecular weight is 535 g/mol. The Hall–Kier alpha value is -3.65. The number of hydrogen-bond donors (Lipinski definition) is 3. The quantitative estimate of drug-likeness (QED) is 0.188. The van der Waals surface area contributed by atoms with Crippen molar-refractivity contribution in [2.75, 3.05) is 11.4 Å². The van der Waals surface area contributed by atoms with E-state index in [1.54, 1.807) is 18.2 Å². The largest absolute Gasteiger partial charge is 0.384 e. The van der Waals surface area contributed by atoms with Crippen LogP contribution in [0, 0.1) is 5.41 Å². The van der Waals surface area contributed by atoms with Gasteiger partial charge >= 0.3 is 0 Å². The molecule has 0 atom stereocenters. The molecule has 0 unspecified atom stereocenters. The van der Waals surface area contributed by atoms with Gasteiger partial charge in [0, 0.05) is 29.9 Å². The number of hydrogen-bond acceptors (Lipinski definition) is 4. The van der Waals surface area contributed by atoms with Gasteiger partial charge in [-0.25, -0.2) is 13.6 Å². The van der Waals surface area contributed by atoms with Crippen LogP contribution in [0.3, 0.4) is 0 Å². The molecule has 0 heterocycles. The van der Waals surface area contributed by atoms with Crippen LogP contribution in [0.2, 0.25) is 0 Å². The van der Waals surface area contributed by atoms with E-state index in [-0.39, 0.29) is 23.1 Å². The lowest BCUT2D eigenvalue weighted by Crippen LogP contribution is -2.25. The molecule has 0 aliphatic carbocycles. The van der Waals surface area contributed by atoms with Crippen molar-refractivity contribution in [2.24, 2.45) is 10.9 Å². The number of sulfonamides is 1. The number of halogens is 1. The maximum atomic E-state index is 12.0. The van der Waals surface area contributed by atoms with Gasteiger partial charge in [0.2, 0.25) is 10.0 Å². The smallest absolute Gasteiger partial charge is 0.238 e. The first-order chi connectivity index (χ1) is 17.3. The maximum absolute atomic E-state index is 12.0. The van der Waals surface area contributed by atoms with Crippen LogP contribution >= 0.6 is 12.4 Å². The van der Waals surface area contributed by atoms with Gasteiger partial charge in [-0.3, -0.25) is 5.41 Å². The molecule has 37 heavy (non-hydrogen) atoms. The molecular weight excluding hydrogens is 504 g/mol. The molecule has 6 nitrogen and oxygen atoms in total. The maximum Gasteiger partial charge on any atom is 0.238 e. The summed E-state index contributed by atoms with van der Waals surface area (Å²) in [4.78, 5) is 2.43. The summed E-state index contributed by atoms with van der Waals surface area (Å²) in [7, 11) is -3.80. The number of rotatable bonds is 10. The summed E-state index contributed by atoms with van der Waals surface area (Å²) in [6.45, 7) is 1.58. The number of amidine groups is 1. The highest BCUT2D eigenvalue weighted by Crippen LogP contribution is 2.27. The third-order valence-electron chi connectivity index (χ3n) is 6.09. The molecule has 0 aliphatic rings. The number of aryl methyl sites for hydroxylation is 1. The average Bonchev–Trinajstić information content (AvgIpc) is 2.89. The molecule has 5 N–H and O–H groups in total. The van der Waals surface area contributed by atoms with Crippen LogP contribution in [0.15, 0.2) is 108 Å². The number of anilines is 1. The van der Waals surface area contributed by atoms with Crippen LogP contribution in [0.4, 0.5) is 5.69 Å². The fraction of sp³-hybridized carbons (Fsp3) is 0.138. The lowest BCUT2D eigenvalue weighted by molar-refractivity contribution is 0.598. The molecule has 4 aromatic rings. The van der Waals surface area contributed by atoms with Crippen molar-refractivity contribution >= 4 is 34.0 Å². The number of benzene rings is 4. The van der Waals surface area contributed by atoms with E-state index in [0.29, 0.717) is 11.1 Å². The fourth-order valence-electron chi connectivity index (χ4n) is 4.25. The normalized spacial score (nSPS) is 10.9. The SMILES string of the molecule is Cl.N=C(N)c1cccc(N(CCCc2ccc(-c3ccccc3S(N)(=O)=O)cc2)Cc2ccccc2)c1. The Kier molecular flexibility index (Phi) is 9.47. The standard InChI is InChI=1S/C29H30N4O2S.ClH/c30-29(31)25-11-6-12-26(20-25)33(21-23-8-2-1-3-9-23)19-7-10-22-15-17-24(18-16-22)27-13-4-5-14-28(27)36(32,34)35;/h1-6,8-9,11-18,20H,7,10,19,21H2,(H3,30,31)(H2,32,34,35);1H. The fourth-order valence-corrected chi connectivity index (χ4v) is 5.01. The van der Waals surface area contributed by atoms with E-state index in [1.165, 1.54) is 17.2 Å². The van der Waals surface area contributed by atoms with Crippen molar-refractivity contribution in [3.63, 3.8) is 0 Å². The van der Waals surface area contributed by atoms with E-state index in [2.05, 4.69) is 17.0 Å². The number of nitrogen functional groups attached to an aromatic ring is 1. The molecule has 0 aliphatic heterocycles. The number of nitrogens with two attached hydrogens (primary N) is 2. The van der Waals surface area contributed by atoms with Gasteiger partial charge in [-0.1, -0.05) is 84.9 Å². The van der Waals surface area contributed by atoms with Crippen LogP contribution in [0.1, 0.15) is 23.1 Å². The predicted molar refractivity (Wildman–Crippen MR) is 154 cm³/mol. The highest BCUT2D eigenvalue weighted by molar-refractivity contribution is 7.89. The summed E-state index contributed by atoms with van der Waals surface area (Å²) in [6.07, 6.45) is 1.79. The monoisotopic (exact) mass is 534 g/mol. The van der Waals surface area contributed by atoms with Gasteiger partial charge in [0.25, 0.3) is 0 Å². The molecule has 0 radical (unpaired) electrons. The zero-order valence-corrected chi connectivity index (χ0v) is 22.0. The molecule has 0 spiro atoms. The minimum Gasteiger partial charge on any atom is -0.384 e. The van der Waals surface area contributed by atoms with Crippen molar-refractivity contribution in [2.45, 2.75) is 24.3 Å². The van der Waals surface area contributed by atoms with E-state index in [1.807, 2.05) is 66.7 Å². The van der Waals surface area contributed by atoms with Crippen molar-refractivity contribution in [3.8, 4) is 11.1 Å². The highest BCUT2D eigenvalue weighted by Gasteiger charge is 2.14. The molecular formula is C29H31ClN4O2S. The number of primary sulfonamides is 1. The van der Waals surface area contributed by atoms with Gasteiger partial charge in [-0.15, -0.1) is 12.4 Å².